The van der Waals surface area contributed by atoms with E-state index in [1.165, 1.54) is 6.08 Å². The largest absolute Gasteiger partial charge is 0.508 e. The summed E-state index contributed by atoms with van der Waals surface area (Å²) in [5.74, 6) is 0.101. The molecule has 3 aromatic rings. The van der Waals surface area contributed by atoms with Crippen LogP contribution in [-0.2, 0) is 4.79 Å². The smallest absolute Gasteiger partial charge is 0.204 e. The zero-order chi connectivity index (χ0) is 21.8. The summed E-state index contributed by atoms with van der Waals surface area (Å²) in [7, 11) is 0. The number of carbonyl (C=O) groups excluding carboxylic acids is 1. The molecule has 0 bridgehead atoms. The van der Waals surface area contributed by atoms with E-state index in [2.05, 4.69) is 15.6 Å². The highest BCUT2D eigenvalue weighted by Crippen LogP contribution is 2.25. The van der Waals surface area contributed by atoms with Gasteiger partial charge in [0.15, 0.2) is 0 Å². The Kier molecular flexibility index (Phi) is 5.53. The molecule has 3 aromatic carbocycles. The van der Waals surface area contributed by atoms with Gasteiger partial charge in [0.05, 0.1) is 22.8 Å². The molecule has 1 aliphatic carbocycles. The molecular weight excluding hydrogens is 390 g/mol. The van der Waals surface area contributed by atoms with E-state index in [9.17, 15) is 15.0 Å². The van der Waals surface area contributed by atoms with Crippen LogP contribution in [0.1, 0.15) is 5.56 Å². The summed E-state index contributed by atoms with van der Waals surface area (Å²) in [6, 6.07) is 20.8. The maximum atomic E-state index is 12.8. The van der Waals surface area contributed by atoms with Crippen molar-refractivity contribution in [2.75, 3.05) is 10.6 Å². The van der Waals surface area contributed by atoms with Gasteiger partial charge in [0.2, 0.25) is 5.78 Å². The molecule has 0 saturated heterocycles. The second-order valence-corrected chi connectivity index (χ2v) is 7.11. The fourth-order valence-electron chi connectivity index (χ4n) is 3.08. The fraction of sp³-hybridized carbons (Fsp3) is 0.0400. The van der Waals surface area contributed by atoms with Crippen molar-refractivity contribution in [2.45, 2.75) is 6.92 Å². The van der Waals surface area contributed by atoms with Crippen LogP contribution in [-0.4, -0.2) is 21.7 Å². The summed E-state index contributed by atoms with van der Waals surface area (Å²) >= 11 is 0. The molecule has 0 amide bonds. The lowest BCUT2D eigenvalue weighted by Gasteiger charge is -2.19. The molecule has 0 heterocycles. The average Bonchev–Trinajstić information content (AvgIpc) is 2.76. The SMILES string of the molecule is Cc1ccccc1NC1=CC(=O)C(Nc2ccc(O)cc2)=C/C1=N\c1ccc(O)cc1. The van der Waals surface area contributed by atoms with Gasteiger partial charge < -0.3 is 20.8 Å². The highest BCUT2D eigenvalue weighted by molar-refractivity contribution is 6.24. The van der Waals surface area contributed by atoms with E-state index in [0.29, 0.717) is 28.5 Å². The normalized spacial score (nSPS) is 14.7. The molecule has 0 atom stereocenters. The van der Waals surface area contributed by atoms with Crippen molar-refractivity contribution in [3.63, 3.8) is 0 Å². The molecular formula is C25H21N3O3. The number of phenols is 2. The minimum atomic E-state index is -0.200. The first-order valence-corrected chi connectivity index (χ1v) is 9.72. The van der Waals surface area contributed by atoms with Crippen LogP contribution in [0.3, 0.4) is 0 Å². The van der Waals surface area contributed by atoms with Crippen LogP contribution in [0.2, 0.25) is 0 Å². The fourth-order valence-corrected chi connectivity index (χ4v) is 3.08. The zero-order valence-electron chi connectivity index (χ0n) is 16.8. The average molecular weight is 411 g/mol. The second-order valence-electron chi connectivity index (χ2n) is 7.11. The number of nitrogens with zero attached hydrogens (tertiary/aromatic N) is 1. The molecule has 1 aliphatic rings. The Morgan fingerprint density at radius 1 is 0.742 bits per heavy atom. The molecule has 4 rings (SSSR count). The van der Waals surface area contributed by atoms with Crippen LogP contribution in [0, 0.1) is 6.92 Å². The summed E-state index contributed by atoms with van der Waals surface area (Å²) in [5.41, 5.74) is 4.72. The number of anilines is 2. The molecule has 6 heteroatoms. The van der Waals surface area contributed by atoms with Crippen LogP contribution in [0.25, 0.3) is 0 Å². The third kappa shape index (κ3) is 4.82. The van der Waals surface area contributed by atoms with Gasteiger partial charge in [-0.25, -0.2) is 4.99 Å². The molecule has 4 N–H and O–H groups in total. The Morgan fingerprint density at radius 3 is 2.06 bits per heavy atom. The van der Waals surface area contributed by atoms with Crippen LogP contribution in [0.4, 0.5) is 17.1 Å². The van der Waals surface area contributed by atoms with Crippen molar-refractivity contribution in [1.29, 1.82) is 0 Å². The van der Waals surface area contributed by atoms with Crippen molar-refractivity contribution in [1.82, 2.24) is 0 Å². The molecule has 0 aliphatic heterocycles. The first-order chi connectivity index (χ1) is 15.0. The van der Waals surface area contributed by atoms with Crippen molar-refractivity contribution < 1.29 is 15.0 Å². The summed E-state index contributed by atoms with van der Waals surface area (Å²) < 4.78 is 0. The molecule has 0 radical (unpaired) electrons. The van der Waals surface area contributed by atoms with Gasteiger partial charge in [0.25, 0.3) is 0 Å². The standard InChI is InChI=1S/C25H21N3O3/c1-16-4-2-3-5-21(16)28-23-15-25(31)24(27-18-8-12-20(30)13-9-18)14-22(23)26-17-6-10-19(29)11-7-17/h2-15,27-30H,1H3/b26-22+. The van der Waals surface area contributed by atoms with Gasteiger partial charge in [0, 0.05) is 17.5 Å². The first-order valence-electron chi connectivity index (χ1n) is 9.72. The van der Waals surface area contributed by atoms with Crippen molar-refractivity contribution in [2.24, 2.45) is 4.99 Å². The third-order valence-corrected chi connectivity index (χ3v) is 4.76. The first kappa shape index (κ1) is 20.0. The summed E-state index contributed by atoms with van der Waals surface area (Å²) in [5, 5.41) is 25.4. The van der Waals surface area contributed by atoms with E-state index < -0.39 is 0 Å². The lowest BCUT2D eigenvalue weighted by molar-refractivity contribution is -0.111. The second kappa shape index (κ2) is 8.59. The Morgan fingerprint density at radius 2 is 1.39 bits per heavy atom. The summed E-state index contributed by atoms with van der Waals surface area (Å²) in [6.07, 6.45) is 3.19. The number of hydrogen-bond donors (Lipinski definition) is 4. The number of benzene rings is 3. The van der Waals surface area contributed by atoms with Crippen molar-refractivity contribution in [3.8, 4) is 11.5 Å². The van der Waals surface area contributed by atoms with E-state index in [4.69, 9.17) is 0 Å². The third-order valence-electron chi connectivity index (χ3n) is 4.76. The van der Waals surface area contributed by atoms with E-state index in [1.807, 2.05) is 31.2 Å². The molecule has 0 fully saturated rings. The predicted molar refractivity (Wildman–Crippen MR) is 123 cm³/mol. The minimum absolute atomic E-state index is 0.147. The van der Waals surface area contributed by atoms with Gasteiger partial charge in [-0.2, -0.15) is 0 Å². The molecule has 0 spiro atoms. The van der Waals surface area contributed by atoms with Gasteiger partial charge in [-0.1, -0.05) is 18.2 Å². The quantitative estimate of drug-likeness (QED) is 0.348. The highest BCUT2D eigenvalue weighted by Gasteiger charge is 2.20. The number of aryl methyl sites for hydroxylation is 1. The number of aromatic hydroxyl groups is 2. The number of hydrogen-bond acceptors (Lipinski definition) is 6. The Bertz CT molecular complexity index is 1210. The van der Waals surface area contributed by atoms with Gasteiger partial charge in [-0.05, 0) is 73.2 Å². The monoisotopic (exact) mass is 411 g/mol. The maximum Gasteiger partial charge on any atom is 0.204 e. The predicted octanol–water partition coefficient (Wildman–Crippen LogP) is 5.05. The highest BCUT2D eigenvalue weighted by atomic mass is 16.3. The topological polar surface area (TPSA) is 94.0 Å². The van der Waals surface area contributed by atoms with Crippen LogP contribution >= 0.6 is 0 Å². The van der Waals surface area contributed by atoms with E-state index >= 15 is 0 Å². The maximum absolute atomic E-state index is 12.8. The van der Waals surface area contributed by atoms with Gasteiger partial charge in [-0.3, -0.25) is 4.79 Å². The minimum Gasteiger partial charge on any atom is -0.508 e. The number of nitrogens with one attached hydrogen (secondary N) is 2. The number of phenolic OH excluding ortho intramolecular Hbond substituents is 2. The number of aliphatic imine (C=N–C) groups is 1. The van der Waals surface area contributed by atoms with Gasteiger partial charge in [0.1, 0.15) is 11.5 Å². The Labute approximate surface area is 179 Å². The lowest BCUT2D eigenvalue weighted by Crippen LogP contribution is -2.22. The molecule has 0 unspecified atom stereocenters. The van der Waals surface area contributed by atoms with Crippen LogP contribution in [0.15, 0.2) is 101 Å². The number of allylic oxidation sites excluding steroid dienone is 2. The Hall–Kier alpha value is -4.32. The number of ketones is 1. The lowest BCUT2D eigenvalue weighted by atomic mass is 10.0. The Balaban J connectivity index is 1.70. The van der Waals surface area contributed by atoms with E-state index in [-0.39, 0.29) is 17.3 Å². The molecule has 0 saturated carbocycles. The molecule has 31 heavy (non-hydrogen) atoms. The molecule has 0 aromatic heterocycles. The van der Waals surface area contributed by atoms with E-state index in [1.54, 1.807) is 54.6 Å². The van der Waals surface area contributed by atoms with Crippen molar-refractivity contribution >= 4 is 28.6 Å². The van der Waals surface area contributed by atoms with Crippen LogP contribution in [0.5, 0.6) is 11.5 Å². The van der Waals surface area contributed by atoms with E-state index in [0.717, 1.165) is 11.3 Å². The zero-order valence-corrected chi connectivity index (χ0v) is 16.8. The number of rotatable bonds is 5. The summed E-state index contributed by atoms with van der Waals surface area (Å²) in [4.78, 5) is 17.5. The molecule has 6 nitrogen and oxygen atoms in total. The summed E-state index contributed by atoms with van der Waals surface area (Å²) in [6.45, 7) is 1.98. The molecule has 154 valence electrons. The number of carbonyl (C=O) groups is 1. The van der Waals surface area contributed by atoms with Gasteiger partial charge in [-0.15, -0.1) is 0 Å². The van der Waals surface area contributed by atoms with Gasteiger partial charge >= 0.3 is 0 Å². The van der Waals surface area contributed by atoms with Crippen LogP contribution < -0.4 is 10.6 Å². The van der Waals surface area contributed by atoms with Crippen molar-refractivity contribution in [3.05, 3.63) is 102 Å². The number of para-hydroxylation sites is 1.